The molecule has 1 aliphatic rings. The van der Waals surface area contributed by atoms with Gasteiger partial charge in [-0.3, -0.25) is 9.59 Å². The number of benzene rings is 2. The molecule has 0 aliphatic carbocycles. The van der Waals surface area contributed by atoms with Gasteiger partial charge in [-0.1, -0.05) is 35.4 Å². The highest BCUT2D eigenvalue weighted by Crippen LogP contribution is 2.32. The van der Waals surface area contributed by atoms with Gasteiger partial charge in [-0.25, -0.2) is 0 Å². The van der Waals surface area contributed by atoms with Gasteiger partial charge in [0.15, 0.2) is 0 Å². The van der Waals surface area contributed by atoms with Crippen LogP contribution in [0.5, 0.6) is 0 Å². The number of aryl methyl sites for hydroxylation is 6. The number of hydrogen-bond acceptors (Lipinski definition) is 2. The van der Waals surface area contributed by atoms with Crippen molar-refractivity contribution >= 4 is 23.2 Å². The van der Waals surface area contributed by atoms with Crippen molar-refractivity contribution in [1.29, 1.82) is 0 Å². The van der Waals surface area contributed by atoms with E-state index in [0.29, 0.717) is 6.54 Å². The van der Waals surface area contributed by atoms with Crippen molar-refractivity contribution in [1.82, 2.24) is 0 Å². The minimum atomic E-state index is -0.335. The average Bonchev–Trinajstić information content (AvgIpc) is 2.91. The highest BCUT2D eigenvalue weighted by atomic mass is 16.2. The molecule has 1 fully saturated rings. The molecular formula is C23H28N2O2. The molecule has 1 unspecified atom stereocenters. The number of carbonyl (C=O) groups is 2. The predicted octanol–water partition coefficient (Wildman–Crippen LogP) is 4.53. The molecule has 2 aromatic rings. The van der Waals surface area contributed by atoms with E-state index < -0.39 is 0 Å². The van der Waals surface area contributed by atoms with Gasteiger partial charge in [0.05, 0.1) is 5.92 Å². The summed E-state index contributed by atoms with van der Waals surface area (Å²) in [5, 5.41) is 3.06. The Kier molecular flexibility index (Phi) is 5.09. The molecule has 1 saturated heterocycles. The van der Waals surface area contributed by atoms with Crippen LogP contribution < -0.4 is 10.2 Å². The molecule has 4 nitrogen and oxygen atoms in total. The Bertz CT molecular complexity index is 884. The molecule has 0 aromatic heterocycles. The minimum absolute atomic E-state index is 0.0163. The maximum absolute atomic E-state index is 12.9. The van der Waals surface area contributed by atoms with Gasteiger partial charge in [-0.15, -0.1) is 0 Å². The van der Waals surface area contributed by atoms with Gasteiger partial charge >= 0.3 is 0 Å². The summed E-state index contributed by atoms with van der Waals surface area (Å²) in [5.74, 6) is -0.399. The number of rotatable bonds is 3. The van der Waals surface area contributed by atoms with Crippen LogP contribution in [0.1, 0.15) is 39.8 Å². The Balaban J connectivity index is 1.81. The second-order valence-corrected chi connectivity index (χ2v) is 7.92. The van der Waals surface area contributed by atoms with Crippen LogP contribution in [0, 0.1) is 47.5 Å². The van der Waals surface area contributed by atoms with E-state index in [-0.39, 0.29) is 24.2 Å². The van der Waals surface area contributed by atoms with Gasteiger partial charge < -0.3 is 10.2 Å². The van der Waals surface area contributed by atoms with Crippen LogP contribution in [-0.2, 0) is 9.59 Å². The molecule has 0 spiro atoms. The molecule has 27 heavy (non-hydrogen) atoms. The molecule has 1 aliphatic heterocycles. The number of nitrogens with zero attached hydrogens (tertiary/aromatic N) is 1. The SMILES string of the molecule is Cc1cc(C)c(NC(=O)C2CC(=O)N(c3c(C)cc(C)cc3C)C2)c(C)c1. The van der Waals surface area contributed by atoms with Gasteiger partial charge in [0, 0.05) is 24.3 Å². The highest BCUT2D eigenvalue weighted by molar-refractivity contribution is 6.04. The first-order valence-electron chi connectivity index (χ1n) is 9.44. The fourth-order valence-electron chi connectivity index (χ4n) is 4.30. The number of amides is 2. The third kappa shape index (κ3) is 3.75. The van der Waals surface area contributed by atoms with Crippen molar-refractivity contribution in [2.75, 3.05) is 16.8 Å². The zero-order valence-electron chi connectivity index (χ0n) is 17.1. The van der Waals surface area contributed by atoms with Crippen LogP contribution in [0.15, 0.2) is 24.3 Å². The first-order chi connectivity index (χ1) is 12.7. The molecule has 0 radical (unpaired) electrons. The summed E-state index contributed by atoms with van der Waals surface area (Å²) in [6, 6.07) is 8.30. The molecule has 3 rings (SSSR count). The average molecular weight is 364 g/mol. The smallest absolute Gasteiger partial charge is 0.229 e. The molecule has 1 atom stereocenters. The van der Waals surface area contributed by atoms with E-state index in [1.54, 1.807) is 4.90 Å². The van der Waals surface area contributed by atoms with Gasteiger partial charge in [0.25, 0.3) is 0 Å². The summed E-state index contributed by atoms with van der Waals surface area (Å²) in [5.41, 5.74) is 8.41. The lowest BCUT2D eigenvalue weighted by Crippen LogP contribution is -2.29. The minimum Gasteiger partial charge on any atom is -0.325 e. The first-order valence-corrected chi connectivity index (χ1v) is 9.44. The Labute approximate surface area is 161 Å². The standard InChI is InChI=1S/C23H28N2O2/c1-13-7-15(3)21(16(4)8-13)24-23(27)19-11-20(26)25(12-19)22-17(5)9-14(2)10-18(22)6/h7-10,19H,11-12H2,1-6H3,(H,24,27). The Morgan fingerprint density at radius 1 is 0.889 bits per heavy atom. The molecular weight excluding hydrogens is 336 g/mol. The van der Waals surface area contributed by atoms with Crippen molar-refractivity contribution in [2.45, 2.75) is 48.0 Å². The summed E-state index contributed by atoms with van der Waals surface area (Å²) in [6.45, 7) is 12.6. The molecule has 142 valence electrons. The van der Waals surface area contributed by atoms with E-state index in [0.717, 1.165) is 33.6 Å². The maximum atomic E-state index is 12.9. The molecule has 1 N–H and O–H groups in total. The molecule has 0 saturated carbocycles. The highest BCUT2D eigenvalue weighted by Gasteiger charge is 2.36. The molecule has 1 heterocycles. The third-order valence-electron chi connectivity index (χ3n) is 5.33. The van der Waals surface area contributed by atoms with Crippen molar-refractivity contribution in [2.24, 2.45) is 5.92 Å². The monoisotopic (exact) mass is 364 g/mol. The van der Waals surface area contributed by atoms with Crippen molar-refractivity contribution in [3.63, 3.8) is 0 Å². The van der Waals surface area contributed by atoms with E-state index >= 15 is 0 Å². The topological polar surface area (TPSA) is 49.4 Å². The molecule has 0 bridgehead atoms. The predicted molar refractivity (Wildman–Crippen MR) is 110 cm³/mol. The van der Waals surface area contributed by atoms with E-state index in [1.807, 2.05) is 34.6 Å². The molecule has 4 heteroatoms. The van der Waals surface area contributed by atoms with Crippen molar-refractivity contribution in [3.8, 4) is 0 Å². The second-order valence-electron chi connectivity index (χ2n) is 7.92. The number of anilines is 2. The number of carbonyl (C=O) groups excluding carboxylic acids is 2. The summed E-state index contributed by atoms with van der Waals surface area (Å²) >= 11 is 0. The van der Waals surface area contributed by atoms with Crippen LogP contribution in [0.4, 0.5) is 11.4 Å². The van der Waals surface area contributed by atoms with E-state index in [2.05, 4.69) is 36.5 Å². The quantitative estimate of drug-likeness (QED) is 0.870. The van der Waals surface area contributed by atoms with E-state index in [9.17, 15) is 9.59 Å². The largest absolute Gasteiger partial charge is 0.325 e. The van der Waals surface area contributed by atoms with Crippen LogP contribution in [-0.4, -0.2) is 18.4 Å². The van der Waals surface area contributed by atoms with E-state index in [4.69, 9.17) is 0 Å². The Hall–Kier alpha value is -2.62. The van der Waals surface area contributed by atoms with Gasteiger partial charge in [0.2, 0.25) is 11.8 Å². The summed E-state index contributed by atoms with van der Waals surface area (Å²) in [4.78, 5) is 27.3. The number of nitrogens with one attached hydrogen (secondary N) is 1. The van der Waals surface area contributed by atoms with Crippen LogP contribution in [0.2, 0.25) is 0 Å². The first kappa shape index (κ1) is 19.2. The lowest BCUT2D eigenvalue weighted by molar-refractivity contribution is -0.122. The van der Waals surface area contributed by atoms with Gasteiger partial charge in [-0.2, -0.15) is 0 Å². The summed E-state index contributed by atoms with van der Waals surface area (Å²) in [7, 11) is 0. The number of hydrogen-bond donors (Lipinski definition) is 1. The zero-order valence-corrected chi connectivity index (χ0v) is 17.1. The summed E-state index contributed by atoms with van der Waals surface area (Å²) < 4.78 is 0. The lowest BCUT2D eigenvalue weighted by Gasteiger charge is -2.22. The van der Waals surface area contributed by atoms with Crippen LogP contribution in [0.25, 0.3) is 0 Å². The lowest BCUT2D eigenvalue weighted by atomic mass is 10.0. The Morgan fingerprint density at radius 2 is 1.37 bits per heavy atom. The van der Waals surface area contributed by atoms with Gasteiger partial charge in [0.1, 0.15) is 0 Å². The normalized spacial score (nSPS) is 16.7. The molecule has 2 aromatic carbocycles. The fraction of sp³-hybridized carbons (Fsp3) is 0.391. The zero-order chi connectivity index (χ0) is 19.9. The second kappa shape index (κ2) is 7.18. The third-order valence-corrected chi connectivity index (χ3v) is 5.33. The fourth-order valence-corrected chi connectivity index (χ4v) is 4.30. The maximum Gasteiger partial charge on any atom is 0.229 e. The van der Waals surface area contributed by atoms with Crippen LogP contribution >= 0.6 is 0 Å². The van der Waals surface area contributed by atoms with Crippen LogP contribution in [0.3, 0.4) is 0 Å². The van der Waals surface area contributed by atoms with Crippen molar-refractivity contribution in [3.05, 3.63) is 57.6 Å². The van der Waals surface area contributed by atoms with E-state index in [1.165, 1.54) is 11.1 Å². The molecule has 2 amide bonds. The van der Waals surface area contributed by atoms with Gasteiger partial charge in [-0.05, 0) is 63.8 Å². The van der Waals surface area contributed by atoms with Crippen molar-refractivity contribution < 1.29 is 9.59 Å². The summed E-state index contributed by atoms with van der Waals surface area (Å²) in [6.07, 6.45) is 0.253. The Morgan fingerprint density at radius 3 is 1.89 bits per heavy atom.